The molecule has 8 heteroatoms. The summed E-state index contributed by atoms with van der Waals surface area (Å²) in [4.78, 5) is 5.92. The number of fused-ring (bicyclic) bond motifs is 3. The smallest absolute Gasteiger partial charge is 0.435 e. The molecule has 1 fully saturated rings. The van der Waals surface area contributed by atoms with Crippen LogP contribution in [0.5, 0.6) is 5.75 Å². The minimum Gasteiger partial charge on any atom is -0.497 e. The molecule has 0 bridgehead atoms. The van der Waals surface area contributed by atoms with Crippen molar-refractivity contribution in [2.75, 3.05) is 26.7 Å². The van der Waals surface area contributed by atoms with E-state index in [4.69, 9.17) is 9.47 Å². The van der Waals surface area contributed by atoms with Crippen LogP contribution in [0.3, 0.4) is 0 Å². The summed E-state index contributed by atoms with van der Waals surface area (Å²) in [7, 11) is 1.55. The normalized spacial score (nSPS) is 21.2. The van der Waals surface area contributed by atoms with E-state index in [2.05, 4.69) is 9.88 Å². The quantitative estimate of drug-likeness (QED) is 0.646. The molecule has 29 heavy (non-hydrogen) atoms. The van der Waals surface area contributed by atoms with E-state index in [1.807, 2.05) is 19.9 Å². The molecule has 1 saturated heterocycles. The van der Waals surface area contributed by atoms with Gasteiger partial charge < -0.3 is 14.0 Å². The van der Waals surface area contributed by atoms with E-state index in [0.29, 0.717) is 29.7 Å². The fourth-order valence-electron chi connectivity index (χ4n) is 4.30. The van der Waals surface area contributed by atoms with E-state index in [-0.39, 0.29) is 17.7 Å². The van der Waals surface area contributed by atoms with Crippen molar-refractivity contribution in [2.45, 2.75) is 38.8 Å². The zero-order valence-corrected chi connectivity index (χ0v) is 16.7. The average Bonchev–Trinajstić information content (AvgIpc) is 2.97. The first-order valence-electron chi connectivity index (χ1n) is 9.68. The standard InChI is InChI=1S/C21H24F3N3O2/c1-13-11-26(12-14(2)29-13)8-9-27-18-10-15(28-3)4-5-16(18)17-6-7-25-20(19(17)27)21(22,23)24/h4-7,10,13-14H,8-9,11-12H2,1-3H3. The van der Waals surface area contributed by atoms with Crippen LogP contribution in [0.1, 0.15) is 19.5 Å². The predicted molar refractivity (Wildman–Crippen MR) is 105 cm³/mol. The molecule has 5 nitrogen and oxygen atoms in total. The molecular weight excluding hydrogens is 383 g/mol. The van der Waals surface area contributed by atoms with Crippen LogP contribution in [0, 0.1) is 0 Å². The summed E-state index contributed by atoms with van der Waals surface area (Å²) in [5.41, 5.74) is -0.0151. The number of methoxy groups -OCH3 is 1. The van der Waals surface area contributed by atoms with Crippen molar-refractivity contribution in [3.8, 4) is 5.75 Å². The van der Waals surface area contributed by atoms with Crippen LogP contribution in [0.2, 0.25) is 0 Å². The van der Waals surface area contributed by atoms with E-state index >= 15 is 0 Å². The number of pyridine rings is 1. The van der Waals surface area contributed by atoms with Crippen LogP contribution >= 0.6 is 0 Å². The van der Waals surface area contributed by atoms with Gasteiger partial charge in [0.2, 0.25) is 0 Å². The van der Waals surface area contributed by atoms with E-state index in [1.165, 1.54) is 6.20 Å². The van der Waals surface area contributed by atoms with Crippen LogP contribution in [0.15, 0.2) is 30.5 Å². The SMILES string of the molecule is COc1ccc2c3ccnc(C(F)(F)F)c3n(CCN3CC(C)OC(C)C3)c2c1. The molecular formula is C21H24F3N3O2. The lowest BCUT2D eigenvalue weighted by Gasteiger charge is -2.35. The second kappa shape index (κ2) is 7.50. The molecule has 0 saturated carbocycles. The highest BCUT2D eigenvalue weighted by molar-refractivity contribution is 6.09. The Morgan fingerprint density at radius 2 is 1.83 bits per heavy atom. The second-order valence-corrected chi connectivity index (χ2v) is 7.61. The fraction of sp³-hybridized carbons (Fsp3) is 0.476. The van der Waals surface area contributed by atoms with Crippen molar-refractivity contribution in [3.05, 3.63) is 36.2 Å². The Hall–Kier alpha value is -2.32. The second-order valence-electron chi connectivity index (χ2n) is 7.61. The maximum atomic E-state index is 13.7. The maximum absolute atomic E-state index is 13.7. The number of halogens is 3. The average molecular weight is 407 g/mol. The fourth-order valence-corrected chi connectivity index (χ4v) is 4.30. The lowest BCUT2D eigenvalue weighted by Crippen LogP contribution is -2.46. The molecule has 2 atom stereocenters. The summed E-state index contributed by atoms with van der Waals surface area (Å²) < 4.78 is 54.0. The number of aromatic nitrogens is 2. The number of ether oxygens (including phenoxy) is 2. The van der Waals surface area contributed by atoms with Crippen molar-refractivity contribution < 1.29 is 22.6 Å². The monoisotopic (exact) mass is 407 g/mol. The van der Waals surface area contributed by atoms with Crippen molar-refractivity contribution in [1.82, 2.24) is 14.5 Å². The first-order chi connectivity index (χ1) is 13.8. The van der Waals surface area contributed by atoms with Crippen LogP contribution in [0.4, 0.5) is 13.2 Å². The lowest BCUT2D eigenvalue weighted by molar-refractivity contribution is -0.140. The number of nitrogens with zero attached hydrogens (tertiary/aromatic N) is 3. The maximum Gasteiger partial charge on any atom is 0.435 e. The zero-order valence-electron chi connectivity index (χ0n) is 16.7. The van der Waals surface area contributed by atoms with Crippen molar-refractivity contribution in [1.29, 1.82) is 0 Å². The number of hydrogen-bond acceptors (Lipinski definition) is 4. The van der Waals surface area contributed by atoms with E-state index < -0.39 is 11.9 Å². The summed E-state index contributed by atoms with van der Waals surface area (Å²) in [6, 6.07) is 7.02. The molecule has 4 rings (SSSR count). The molecule has 1 aromatic carbocycles. The highest BCUT2D eigenvalue weighted by Gasteiger charge is 2.36. The molecule has 156 valence electrons. The van der Waals surface area contributed by atoms with Crippen LogP contribution in [0.25, 0.3) is 21.8 Å². The number of hydrogen-bond donors (Lipinski definition) is 0. The topological polar surface area (TPSA) is 39.5 Å². The van der Waals surface area contributed by atoms with Crippen LogP contribution in [-0.2, 0) is 17.5 Å². The van der Waals surface area contributed by atoms with Crippen molar-refractivity contribution >= 4 is 21.8 Å². The first-order valence-corrected chi connectivity index (χ1v) is 9.68. The third-order valence-electron chi connectivity index (χ3n) is 5.38. The Morgan fingerprint density at radius 3 is 2.48 bits per heavy atom. The lowest BCUT2D eigenvalue weighted by atomic mass is 10.1. The molecule has 1 aliphatic rings. The van der Waals surface area contributed by atoms with E-state index in [9.17, 15) is 13.2 Å². The van der Waals surface area contributed by atoms with Gasteiger partial charge in [0.1, 0.15) is 5.75 Å². The molecule has 0 N–H and O–H groups in total. The van der Waals surface area contributed by atoms with Crippen molar-refractivity contribution in [3.63, 3.8) is 0 Å². The summed E-state index contributed by atoms with van der Waals surface area (Å²) >= 11 is 0. The van der Waals surface area contributed by atoms with Gasteiger partial charge in [0.15, 0.2) is 5.69 Å². The van der Waals surface area contributed by atoms with Gasteiger partial charge in [-0.1, -0.05) is 0 Å². The summed E-state index contributed by atoms with van der Waals surface area (Å²) in [5.74, 6) is 0.608. The van der Waals surface area contributed by atoms with Gasteiger partial charge in [0, 0.05) is 49.2 Å². The molecule has 0 spiro atoms. The van der Waals surface area contributed by atoms with E-state index in [0.717, 1.165) is 18.5 Å². The third kappa shape index (κ3) is 3.79. The van der Waals surface area contributed by atoms with Gasteiger partial charge in [-0.05, 0) is 32.0 Å². The van der Waals surface area contributed by atoms with Crippen molar-refractivity contribution in [2.24, 2.45) is 0 Å². The Balaban J connectivity index is 1.82. The van der Waals surface area contributed by atoms with Gasteiger partial charge in [-0.2, -0.15) is 13.2 Å². The molecule has 1 aliphatic heterocycles. The molecule has 2 unspecified atom stereocenters. The Morgan fingerprint density at radius 1 is 1.10 bits per heavy atom. The summed E-state index contributed by atoms with van der Waals surface area (Å²) in [6.07, 6.45) is -3.10. The Labute approximate surface area is 167 Å². The van der Waals surface area contributed by atoms with Gasteiger partial charge in [-0.3, -0.25) is 4.90 Å². The number of alkyl halides is 3. The summed E-state index contributed by atoms with van der Waals surface area (Å²) in [5, 5.41) is 1.31. The number of benzene rings is 1. The molecule has 2 aromatic heterocycles. The third-order valence-corrected chi connectivity index (χ3v) is 5.38. The Kier molecular flexibility index (Phi) is 5.16. The van der Waals surface area contributed by atoms with Crippen LogP contribution in [-0.4, -0.2) is 53.4 Å². The predicted octanol–water partition coefficient (Wildman–Crippen LogP) is 4.33. The molecule has 3 heterocycles. The minimum absolute atomic E-state index is 0.101. The highest BCUT2D eigenvalue weighted by atomic mass is 19.4. The highest BCUT2D eigenvalue weighted by Crippen LogP contribution is 2.38. The minimum atomic E-state index is -4.53. The number of morpholine rings is 1. The van der Waals surface area contributed by atoms with Gasteiger partial charge in [0.05, 0.1) is 30.4 Å². The molecule has 3 aromatic rings. The van der Waals surface area contributed by atoms with Crippen LogP contribution < -0.4 is 4.74 Å². The van der Waals surface area contributed by atoms with Gasteiger partial charge in [-0.15, -0.1) is 0 Å². The molecule has 0 amide bonds. The Bertz CT molecular complexity index is 1020. The van der Waals surface area contributed by atoms with Gasteiger partial charge in [0.25, 0.3) is 0 Å². The van der Waals surface area contributed by atoms with E-state index in [1.54, 1.807) is 29.9 Å². The zero-order chi connectivity index (χ0) is 20.8. The molecule has 0 radical (unpaired) electrons. The molecule has 0 aliphatic carbocycles. The number of rotatable bonds is 4. The first kappa shape index (κ1) is 20.0. The summed E-state index contributed by atoms with van der Waals surface area (Å²) in [6.45, 7) is 6.59. The largest absolute Gasteiger partial charge is 0.497 e. The van der Waals surface area contributed by atoms with Gasteiger partial charge in [-0.25, -0.2) is 4.98 Å². The van der Waals surface area contributed by atoms with Gasteiger partial charge >= 0.3 is 6.18 Å².